The lowest BCUT2D eigenvalue weighted by Gasteiger charge is -2.34. The van der Waals surface area contributed by atoms with Gasteiger partial charge in [-0.3, -0.25) is 4.79 Å². The van der Waals surface area contributed by atoms with Crippen LogP contribution in [0.2, 0.25) is 0 Å². The summed E-state index contributed by atoms with van der Waals surface area (Å²) in [6, 6.07) is 22.9. The van der Waals surface area contributed by atoms with Gasteiger partial charge >= 0.3 is 23.8 Å². The second kappa shape index (κ2) is 29.0. The molecule has 18 nitrogen and oxygen atoms in total. The van der Waals surface area contributed by atoms with Gasteiger partial charge in [-0.2, -0.15) is 26.3 Å². The van der Waals surface area contributed by atoms with E-state index in [9.17, 15) is 52.8 Å². The first-order valence-corrected chi connectivity index (χ1v) is 30.8. The second-order valence-electron chi connectivity index (χ2n) is 20.4. The first-order chi connectivity index (χ1) is 40.0. The third kappa shape index (κ3) is 19.2. The maximum absolute atomic E-state index is 13.6. The van der Waals surface area contributed by atoms with Gasteiger partial charge in [0.15, 0.2) is 19.7 Å². The highest BCUT2D eigenvalue weighted by atomic mass is 35.5. The smallest absolute Gasteiger partial charge is 0.406 e. The maximum atomic E-state index is 13.6. The number of fused-ring (bicyclic) bond motifs is 2. The molecule has 4 aromatic carbocycles. The molecule has 460 valence electrons. The number of halogens is 7. The van der Waals surface area contributed by atoms with E-state index in [1.807, 2.05) is 12.1 Å². The number of sulfone groups is 2. The zero-order valence-electron chi connectivity index (χ0n) is 48.2. The fourth-order valence-electron chi connectivity index (χ4n) is 9.28. The number of urea groups is 1. The number of amides is 3. The van der Waals surface area contributed by atoms with Crippen LogP contribution in [0.1, 0.15) is 37.1 Å². The van der Waals surface area contributed by atoms with Gasteiger partial charge in [0.05, 0.1) is 70.9 Å². The van der Waals surface area contributed by atoms with Crippen LogP contribution in [-0.4, -0.2) is 171 Å². The summed E-state index contributed by atoms with van der Waals surface area (Å²) in [6.07, 6.45) is -3.36. The summed E-state index contributed by atoms with van der Waals surface area (Å²) in [5.74, 6) is 12.1. The van der Waals surface area contributed by atoms with E-state index in [-0.39, 0.29) is 52.4 Å². The van der Waals surface area contributed by atoms with E-state index in [4.69, 9.17) is 21.1 Å². The molecule has 4 heterocycles. The third-order valence-corrected chi connectivity index (χ3v) is 16.1. The van der Waals surface area contributed by atoms with Gasteiger partial charge in [0, 0.05) is 100 Å². The average Bonchev–Trinajstić information content (AvgIpc) is 4.23. The molecule has 0 radical (unpaired) electrons. The quantitative estimate of drug-likeness (QED) is 0.0299. The number of aromatic nitrogens is 2. The van der Waals surface area contributed by atoms with Crippen molar-refractivity contribution in [1.29, 1.82) is 0 Å². The van der Waals surface area contributed by atoms with Gasteiger partial charge in [0.25, 0.3) is 0 Å². The summed E-state index contributed by atoms with van der Waals surface area (Å²) in [5.41, 5.74) is 3.87. The predicted octanol–water partition coefficient (Wildman–Crippen LogP) is 9.79. The number of anilines is 4. The van der Waals surface area contributed by atoms with Crippen molar-refractivity contribution in [3.63, 3.8) is 0 Å². The Hall–Kier alpha value is -7.65. The zero-order chi connectivity index (χ0) is 62.4. The van der Waals surface area contributed by atoms with E-state index in [0.717, 1.165) is 48.7 Å². The molecule has 0 aliphatic carbocycles. The first-order valence-electron chi connectivity index (χ1n) is 26.6. The molecular formula is C58H69ClF6N10O8S2. The van der Waals surface area contributed by atoms with Crippen LogP contribution < -0.4 is 36.1 Å². The molecule has 2 aliphatic heterocycles. The van der Waals surface area contributed by atoms with Gasteiger partial charge in [0.1, 0.15) is 24.6 Å². The van der Waals surface area contributed by atoms with Crippen molar-refractivity contribution in [3.05, 3.63) is 96.3 Å². The number of nitrogens with one attached hydrogen (secondary N) is 5. The van der Waals surface area contributed by atoms with Crippen LogP contribution in [-0.2, 0) is 32.8 Å². The summed E-state index contributed by atoms with van der Waals surface area (Å²) in [7, 11) is 2.62. The fourth-order valence-corrected chi connectivity index (χ4v) is 10.5. The number of likely N-dealkylation sites (tertiary alicyclic amines) is 1. The van der Waals surface area contributed by atoms with Crippen molar-refractivity contribution in [2.75, 3.05) is 115 Å². The summed E-state index contributed by atoms with van der Waals surface area (Å²) >= 11 is 4.90. The lowest BCUT2D eigenvalue weighted by Crippen LogP contribution is -2.46. The van der Waals surface area contributed by atoms with Crippen molar-refractivity contribution >= 4 is 87.2 Å². The molecule has 0 saturated carbocycles. The number of alkyl halides is 6. The van der Waals surface area contributed by atoms with Crippen LogP contribution in [0.25, 0.3) is 21.8 Å². The number of carbonyl (C=O) groups is 2. The van der Waals surface area contributed by atoms with Crippen molar-refractivity contribution in [1.82, 2.24) is 29.2 Å². The predicted molar refractivity (Wildman–Crippen MR) is 321 cm³/mol. The number of hydrogen-bond acceptors (Lipinski definition) is 13. The second-order valence-corrected chi connectivity index (χ2v) is 24.8. The molecule has 2 saturated heterocycles. The topological polar surface area (TPSA) is 201 Å². The Bertz CT molecular complexity index is 3690. The Morgan fingerprint density at radius 2 is 1.02 bits per heavy atom. The molecular weight excluding hydrogens is 1180 g/mol. The van der Waals surface area contributed by atoms with E-state index in [2.05, 4.69) is 50.3 Å². The Morgan fingerprint density at radius 1 is 0.624 bits per heavy atom. The molecule has 5 N–H and O–H groups in total. The van der Waals surface area contributed by atoms with Crippen LogP contribution in [0.4, 0.5) is 58.7 Å². The largest absolute Gasteiger partial charge is 0.495 e. The van der Waals surface area contributed by atoms with Gasteiger partial charge in [-0.1, -0.05) is 24.0 Å². The lowest BCUT2D eigenvalue weighted by molar-refractivity contribution is -0.140. The zero-order valence-corrected chi connectivity index (χ0v) is 50.6. The molecule has 2 aromatic heterocycles. The van der Waals surface area contributed by atoms with Crippen LogP contribution in [0, 0.1) is 23.7 Å². The molecule has 0 unspecified atom stereocenters. The van der Waals surface area contributed by atoms with Gasteiger partial charge in [-0.15, -0.1) is 0 Å². The number of rotatable bonds is 14. The normalized spacial score (nSPS) is 14.0. The van der Waals surface area contributed by atoms with E-state index in [1.165, 1.54) is 48.0 Å². The summed E-state index contributed by atoms with van der Waals surface area (Å²) in [4.78, 5) is 26.9. The van der Waals surface area contributed by atoms with E-state index in [0.29, 0.717) is 76.3 Å². The minimum Gasteiger partial charge on any atom is -0.495 e. The molecule has 85 heavy (non-hydrogen) atoms. The number of methoxy groups -OCH3 is 2. The van der Waals surface area contributed by atoms with Gasteiger partial charge < -0.3 is 59.9 Å². The molecule has 27 heteroatoms. The standard InChI is InChI=1S/C29H34F3N5O4S.C26H29F3N4O3S.C3H6ClNO/c1-35(2)28(38)36-15-12-20(13-16-36)34-24-8-5-9-26-23(24)17-21(37(26)19-29(30,31)32)7-6-14-33-25-11-10-22(42(4,39)40)18-27(25)41-3;1-36-25-16-20(37(2,34)35)8-9-23(25)31-12-4-5-19-15-21-22(32-18-10-13-30-14-11-18)6-3-7-24(21)33(19)17-26(27,28)29;1-5(2)3(4)6/h5,8-11,17-18,20,33-34H,12-16,19H2,1-4H3;3,6-9,15-16,18,30-32H,10-14,17H2,1-2H3;1-2H3. The maximum Gasteiger partial charge on any atom is 0.406 e. The summed E-state index contributed by atoms with van der Waals surface area (Å²) in [6.45, 7) is 0.827. The Kier molecular flexibility index (Phi) is 22.7. The van der Waals surface area contributed by atoms with Crippen LogP contribution in [0.15, 0.2) is 94.7 Å². The molecule has 0 bridgehead atoms. The number of piperidine rings is 2. The molecule has 0 spiro atoms. The van der Waals surface area contributed by atoms with Crippen LogP contribution >= 0.6 is 11.6 Å². The molecule has 3 amide bonds. The average molecular weight is 1250 g/mol. The SMILES string of the molecule is CN(C)C(=O)Cl.COc1cc(S(C)(=O)=O)ccc1NCC#Cc1cc2c(NC3CCN(C(=O)N(C)C)CC3)cccc2n1CC(F)(F)F.COc1cc(S(C)(=O)=O)ccc1NCC#Cc1cc2c(NC3CCNCC3)cccc2n1CC(F)(F)F. The minimum absolute atomic E-state index is 0.0400. The molecule has 6 aromatic rings. The number of ether oxygens (including phenoxy) is 2. The van der Waals surface area contributed by atoms with Crippen molar-refractivity contribution in [2.24, 2.45) is 0 Å². The molecule has 2 aliphatic rings. The van der Waals surface area contributed by atoms with E-state index >= 15 is 0 Å². The number of carbonyl (C=O) groups excluding carboxylic acids is 2. The Morgan fingerprint density at radius 3 is 1.38 bits per heavy atom. The number of benzene rings is 4. The highest BCUT2D eigenvalue weighted by Gasteiger charge is 2.32. The molecule has 2 fully saturated rings. The Labute approximate surface area is 496 Å². The van der Waals surface area contributed by atoms with Crippen molar-refractivity contribution < 1.29 is 62.2 Å². The van der Waals surface area contributed by atoms with Gasteiger partial charge in [-0.25, -0.2) is 21.6 Å². The van der Waals surface area contributed by atoms with Crippen LogP contribution in [0.3, 0.4) is 0 Å². The highest BCUT2D eigenvalue weighted by molar-refractivity contribution is 7.91. The summed E-state index contributed by atoms with van der Waals surface area (Å²) < 4.78 is 141. The fraction of sp³-hybridized carbons (Fsp3) is 0.414. The molecule has 0 atom stereocenters. The van der Waals surface area contributed by atoms with E-state index < -0.39 is 50.5 Å². The number of nitrogens with zero attached hydrogens (tertiary/aromatic N) is 5. The van der Waals surface area contributed by atoms with Gasteiger partial charge in [0.2, 0.25) is 0 Å². The number of hydrogen-bond donors (Lipinski definition) is 5. The third-order valence-electron chi connectivity index (χ3n) is 13.5. The van der Waals surface area contributed by atoms with Gasteiger partial charge in [-0.05, 0) is 123 Å². The monoisotopic (exact) mass is 1250 g/mol. The van der Waals surface area contributed by atoms with Crippen LogP contribution in [0.5, 0.6) is 11.5 Å². The molecule has 8 rings (SSSR count). The Balaban J connectivity index is 0.000000250. The lowest BCUT2D eigenvalue weighted by atomic mass is 10.0. The van der Waals surface area contributed by atoms with Crippen molar-refractivity contribution in [3.8, 4) is 35.2 Å². The first kappa shape index (κ1) is 66.5. The highest BCUT2D eigenvalue weighted by Crippen LogP contribution is 2.34. The summed E-state index contributed by atoms with van der Waals surface area (Å²) in [5, 5.41) is 17.2. The van der Waals surface area contributed by atoms with Crippen molar-refractivity contribution in [2.45, 2.75) is 73.0 Å². The van der Waals surface area contributed by atoms with E-state index in [1.54, 1.807) is 86.5 Å². The minimum atomic E-state index is -4.45.